The zero-order valence-corrected chi connectivity index (χ0v) is 13.3. The van der Waals surface area contributed by atoms with Crippen LogP contribution in [-0.4, -0.2) is 32.3 Å². The summed E-state index contributed by atoms with van der Waals surface area (Å²) in [5.41, 5.74) is 4.76. The van der Waals surface area contributed by atoms with Crippen LogP contribution in [0.4, 0.5) is 0 Å². The van der Waals surface area contributed by atoms with E-state index >= 15 is 0 Å². The molecule has 2 aromatic heterocycles. The molecule has 1 aliphatic rings. The number of amides is 1. The van der Waals surface area contributed by atoms with Crippen LogP contribution in [0.25, 0.3) is 0 Å². The molecule has 116 valence electrons. The van der Waals surface area contributed by atoms with Gasteiger partial charge in [0, 0.05) is 18.8 Å². The first-order chi connectivity index (χ1) is 10.7. The van der Waals surface area contributed by atoms with Gasteiger partial charge in [0.05, 0.1) is 47.6 Å². The fraction of sp³-hybridized carbons (Fsp3) is 0.467. The van der Waals surface area contributed by atoms with Crippen LogP contribution in [0.15, 0.2) is 23.3 Å². The molecule has 0 saturated carbocycles. The zero-order chi connectivity index (χ0) is 15.4. The Hall–Kier alpha value is -1.86. The van der Waals surface area contributed by atoms with E-state index in [1.54, 1.807) is 17.5 Å². The standard InChI is InChI=1S/C15H19N5OS/c1-11(21)17-6-12-5-16-7-14(19-12)15-3-2-4-20(15)8-13-9-22-10-18-13/h5,7,9-10,15H,2-4,6,8H2,1H3,(H,17,21)/t15-/m0/s1. The number of hydrogen-bond acceptors (Lipinski definition) is 6. The number of aromatic nitrogens is 3. The highest BCUT2D eigenvalue weighted by molar-refractivity contribution is 7.07. The molecule has 0 bridgehead atoms. The van der Waals surface area contributed by atoms with Crippen LogP contribution in [0.5, 0.6) is 0 Å². The van der Waals surface area contributed by atoms with Crippen LogP contribution in [0.2, 0.25) is 0 Å². The van der Waals surface area contributed by atoms with Gasteiger partial charge in [-0.05, 0) is 19.4 Å². The van der Waals surface area contributed by atoms with Crippen LogP contribution in [0, 0.1) is 0 Å². The second kappa shape index (κ2) is 6.93. The highest BCUT2D eigenvalue weighted by Crippen LogP contribution is 2.31. The van der Waals surface area contributed by atoms with Crippen molar-refractivity contribution >= 4 is 17.2 Å². The third-order valence-corrected chi connectivity index (χ3v) is 4.41. The molecule has 0 radical (unpaired) electrons. The van der Waals surface area contributed by atoms with Gasteiger partial charge in [-0.2, -0.15) is 0 Å². The van der Waals surface area contributed by atoms with Gasteiger partial charge in [-0.1, -0.05) is 0 Å². The number of hydrogen-bond donors (Lipinski definition) is 1. The van der Waals surface area contributed by atoms with Crippen molar-refractivity contribution in [3.63, 3.8) is 0 Å². The minimum absolute atomic E-state index is 0.0572. The van der Waals surface area contributed by atoms with Crippen molar-refractivity contribution < 1.29 is 4.79 Å². The van der Waals surface area contributed by atoms with Gasteiger partial charge < -0.3 is 5.32 Å². The Bertz CT molecular complexity index is 631. The third-order valence-electron chi connectivity index (χ3n) is 3.78. The molecule has 0 spiro atoms. The van der Waals surface area contributed by atoms with Gasteiger partial charge in [0.25, 0.3) is 0 Å². The lowest BCUT2D eigenvalue weighted by atomic mass is 10.1. The molecule has 1 aliphatic heterocycles. The molecule has 2 aromatic rings. The number of thiazole rings is 1. The van der Waals surface area contributed by atoms with E-state index < -0.39 is 0 Å². The highest BCUT2D eigenvalue weighted by atomic mass is 32.1. The maximum atomic E-state index is 11.0. The van der Waals surface area contributed by atoms with Crippen molar-refractivity contribution in [3.05, 3.63) is 40.4 Å². The first kappa shape index (κ1) is 15.1. The largest absolute Gasteiger partial charge is 0.351 e. The Morgan fingerprint density at radius 1 is 1.45 bits per heavy atom. The summed E-state index contributed by atoms with van der Waals surface area (Å²) in [6.45, 7) is 3.84. The zero-order valence-electron chi connectivity index (χ0n) is 12.5. The summed E-state index contributed by atoms with van der Waals surface area (Å²) in [7, 11) is 0. The molecule has 0 aromatic carbocycles. The van der Waals surface area contributed by atoms with Crippen LogP contribution in [-0.2, 0) is 17.9 Å². The molecule has 3 rings (SSSR count). The van der Waals surface area contributed by atoms with E-state index in [2.05, 4.69) is 30.5 Å². The van der Waals surface area contributed by atoms with E-state index in [-0.39, 0.29) is 11.9 Å². The van der Waals surface area contributed by atoms with Crippen molar-refractivity contribution in [1.82, 2.24) is 25.2 Å². The lowest BCUT2D eigenvalue weighted by Crippen LogP contribution is -2.25. The lowest BCUT2D eigenvalue weighted by Gasteiger charge is -2.23. The van der Waals surface area contributed by atoms with Gasteiger partial charge in [-0.15, -0.1) is 11.3 Å². The number of carbonyl (C=O) groups is 1. The summed E-state index contributed by atoms with van der Waals surface area (Å²) in [6, 6.07) is 0.284. The normalized spacial score (nSPS) is 18.5. The van der Waals surface area contributed by atoms with Gasteiger partial charge in [-0.25, -0.2) is 4.98 Å². The maximum absolute atomic E-state index is 11.0. The first-order valence-corrected chi connectivity index (χ1v) is 8.33. The Morgan fingerprint density at radius 3 is 3.14 bits per heavy atom. The van der Waals surface area contributed by atoms with Crippen LogP contribution in [0.3, 0.4) is 0 Å². The molecule has 1 atom stereocenters. The molecule has 1 amide bonds. The van der Waals surface area contributed by atoms with E-state index in [0.29, 0.717) is 6.54 Å². The van der Waals surface area contributed by atoms with Gasteiger partial charge in [0.15, 0.2) is 0 Å². The molecule has 7 heteroatoms. The number of rotatable bonds is 5. The van der Waals surface area contributed by atoms with Crippen molar-refractivity contribution in [2.75, 3.05) is 6.54 Å². The first-order valence-electron chi connectivity index (χ1n) is 7.39. The van der Waals surface area contributed by atoms with Gasteiger partial charge in [0.1, 0.15) is 0 Å². The van der Waals surface area contributed by atoms with E-state index in [4.69, 9.17) is 0 Å². The Kier molecular flexibility index (Phi) is 4.74. The number of nitrogens with zero attached hydrogens (tertiary/aromatic N) is 4. The number of likely N-dealkylation sites (tertiary alicyclic amines) is 1. The molecular formula is C15H19N5OS. The summed E-state index contributed by atoms with van der Waals surface area (Å²) < 4.78 is 0. The average molecular weight is 317 g/mol. The summed E-state index contributed by atoms with van der Waals surface area (Å²) in [5, 5.41) is 4.86. The minimum Gasteiger partial charge on any atom is -0.351 e. The number of carbonyl (C=O) groups excluding carboxylic acids is 1. The Labute approximate surface area is 133 Å². The maximum Gasteiger partial charge on any atom is 0.217 e. The smallest absolute Gasteiger partial charge is 0.217 e. The fourth-order valence-corrected chi connectivity index (χ4v) is 3.31. The Morgan fingerprint density at radius 2 is 2.36 bits per heavy atom. The average Bonchev–Trinajstić information content (AvgIpc) is 3.18. The molecule has 6 nitrogen and oxygen atoms in total. The van der Waals surface area contributed by atoms with Gasteiger partial charge in [-0.3, -0.25) is 19.7 Å². The molecular weight excluding hydrogens is 298 g/mol. The monoisotopic (exact) mass is 317 g/mol. The highest BCUT2D eigenvalue weighted by Gasteiger charge is 2.27. The molecule has 0 aliphatic carbocycles. The summed E-state index contributed by atoms with van der Waals surface area (Å²) in [6.07, 6.45) is 5.79. The van der Waals surface area contributed by atoms with E-state index in [9.17, 15) is 4.79 Å². The van der Waals surface area contributed by atoms with Crippen molar-refractivity contribution in [1.29, 1.82) is 0 Å². The van der Waals surface area contributed by atoms with Crippen LogP contribution < -0.4 is 5.32 Å². The number of nitrogens with one attached hydrogen (secondary N) is 1. The second-order valence-corrected chi connectivity index (χ2v) is 6.17. The van der Waals surface area contributed by atoms with Crippen molar-refractivity contribution in [2.24, 2.45) is 0 Å². The molecule has 1 N–H and O–H groups in total. The van der Waals surface area contributed by atoms with Crippen molar-refractivity contribution in [3.8, 4) is 0 Å². The quantitative estimate of drug-likeness (QED) is 0.912. The fourth-order valence-electron chi connectivity index (χ4n) is 2.76. The SMILES string of the molecule is CC(=O)NCc1cncc([C@@H]2CCCN2Cc2cscn2)n1. The predicted molar refractivity (Wildman–Crippen MR) is 84.1 cm³/mol. The van der Waals surface area contributed by atoms with E-state index in [1.807, 2.05) is 11.7 Å². The summed E-state index contributed by atoms with van der Waals surface area (Å²) in [4.78, 5) is 26.7. The molecule has 22 heavy (non-hydrogen) atoms. The summed E-state index contributed by atoms with van der Waals surface area (Å²) in [5.74, 6) is -0.0572. The topological polar surface area (TPSA) is 71.0 Å². The Balaban J connectivity index is 1.71. The second-order valence-electron chi connectivity index (χ2n) is 5.45. The van der Waals surface area contributed by atoms with Crippen LogP contribution >= 0.6 is 11.3 Å². The van der Waals surface area contributed by atoms with Crippen molar-refractivity contribution in [2.45, 2.75) is 38.9 Å². The molecule has 0 unspecified atom stereocenters. The van der Waals surface area contributed by atoms with Gasteiger partial charge in [0.2, 0.25) is 5.91 Å². The predicted octanol–water partition coefficient (Wildman–Crippen LogP) is 1.91. The molecule has 1 saturated heterocycles. The van der Waals surface area contributed by atoms with Crippen LogP contribution in [0.1, 0.15) is 42.9 Å². The van der Waals surface area contributed by atoms with E-state index in [0.717, 1.165) is 43.0 Å². The lowest BCUT2D eigenvalue weighted by molar-refractivity contribution is -0.119. The minimum atomic E-state index is -0.0572. The molecule has 3 heterocycles. The van der Waals surface area contributed by atoms with E-state index in [1.165, 1.54) is 6.92 Å². The molecule has 1 fully saturated rings. The summed E-state index contributed by atoms with van der Waals surface area (Å²) >= 11 is 1.63. The third kappa shape index (κ3) is 3.66. The van der Waals surface area contributed by atoms with Gasteiger partial charge >= 0.3 is 0 Å².